The molecule has 23 heteroatoms. The largest absolute Gasteiger partial charge is 0.396 e. The zero-order valence-electron chi connectivity index (χ0n) is 39.0. The maximum absolute atomic E-state index is 10.5. The Bertz CT molecular complexity index is 3380. The van der Waals surface area contributed by atoms with E-state index in [1.54, 1.807) is 59.6 Å². The van der Waals surface area contributed by atoms with E-state index in [-0.39, 0.29) is 22.3 Å². The molecule has 0 bridgehead atoms. The van der Waals surface area contributed by atoms with Crippen LogP contribution in [0.2, 0.25) is 5.28 Å². The first-order chi connectivity index (χ1) is 35.0. The average molecular weight is 1040 g/mol. The van der Waals surface area contributed by atoms with E-state index >= 15 is 0 Å². The van der Waals surface area contributed by atoms with Crippen molar-refractivity contribution in [1.82, 2.24) is 59.4 Å². The molecule has 9 aromatic rings. The van der Waals surface area contributed by atoms with Crippen molar-refractivity contribution < 1.29 is 13.0 Å². The molecule has 4 N–H and O–H groups in total. The quantitative estimate of drug-likeness (QED) is 0.0802. The highest BCUT2D eigenvalue weighted by atomic mass is 35.5. The normalized spacial score (nSPS) is 14.5. The van der Waals surface area contributed by atoms with Crippen LogP contribution in [-0.2, 0) is 10.1 Å². The molecule has 19 nitrogen and oxygen atoms in total. The average Bonchev–Trinajstić information content (AvgIpc) is 4.25. The van der Waals surface area contributed by atoms with E-state index in [0.717, 1.165) is 67.0 Å². The van der Waals surface area contributed by atoms with Crippen LogP contribution in [-0.4, -0.2) is 72.4 Å². The van der Waals surface area contributed by atoms with Gasteiger partial charge in [-0.15, -0.1) is 22.7 Å². The van der Waals surface area contributed by atoms with Gasteiger partial charge in [0.1, 0.15) is 12.7 Å². The second-order valence-corrected chi connectivity index (χ2v) is 20.7. The van der Waals surface area contributed by atoms with Crippen LogP contribution < -0.4 is 11.1 Å². The highest BCUT2D eigenvalue weighted by molar-refractivity contribution is 7.85. The number of nitrogen functional groups attached to an aromatic ring is 1. The zero-order chi connectivity index (χ0) is 50.5. The molecule has 0 spiro atoms. The number of nitriles is 2. The second kappa shape index (κ2) is 24.2. The summed E-state index contributed by atoms with van der Waals surface area (Å²) in [4.78, 5) is 33.3. The minimum atomic E-state index is -4.02. The molecule has 0 aliphatic heterocycles. The third kappa shape index (κ3) is 13.1. The Morgan fingerprint density at radius 1 is 0.722 bits per heavy atom. The topological polar surface area (TPSA) is 279 Å². The number of aryl methyl sites for hydroxylation is 1. The van der Waals surface area contributed by atoms with Gasteiger partial charge in [-0.3, -0.25) is 13.9 Å². The van der Waals surface area contributed by atoms with Gasteiger partial charge < -0.3 is 11.1 Å². The van der Waals surface area contributed by atoms with Crippen LogP contribution in [0.5, 0.6) is 0 Å². The number of anilines is 3. The number of nitrogens with zero attached hydrogens (tertiary/aromatic N) is 14. The highest BCUT2D eigenvalue weighted by Gasteiger charge is 2.29. The lowest BCUT2D eigenvalue weighted by Crippen LogP contribution is -2.17. The molecule has 0 amide bonds. The minimum absolute atomic E-state index is 0.0666. The molecule has 2 unspecified atom stereocenters. The number of hydrogen-bond acceptors (Lipinski definition) is 18. The van der Waals surface area contributed by atoms with E-state index in [4.69, 9.17) is 26.9 Å². The maximum Gasteiger partial charge on any atom is 0.294 e. The van der Waals surface area contributed by atoms with Crippen molar-refractivity contribution in [3.63, 3.8) is 0 Å². The standard InChI is InChI=1S/C21H20N8S.C17H16ClN5S.C7H8O3S.C4H5N3/c22-7-5-18(14-3-1-2-4-14)29-12-15(9-25-29)19-20-17(6-8-30-20)27-21(28-19)26-16-10-23-13-24-11-16;18-17-21-13-6-8-24-16(13)15(22-17)12-9-20-23(10-12)14(5-7-19)11-3-1-2-4-11;1-6-2-4-7(5-3-6)11(8,9)10;5-4-1-6-3-7-2-4/h6,8-14,18H,1-5H2,(H,26,27,28);6,8-11,14H,1-5H2;2-5H,1H3,(H,8,9,10);1-3H,5H2. The lowest BCUT2D eigenvalue weighted by molar-refractivity contribution is 0.315. The fraction of sp³-hybridized carbons (Fsp3) is 0.306. The van der Waals surface area contributed by atoms with Crippen LogP contribution in [0.25, 0.3) is 42.9 Å². The van der Waals surface area contributed by atoms with Crippen molar-refractivity contribution in [3.8, 4) is 34.7 Å². The molecule has 0 radical (unpaired) electrons. The first-order valence-electron chi connectivity index (χ1n) is 23.0. The molecule has 368 valence electrons. The number of hydrogen-bond donors (Lipinski definition) is 3. The third-order valence-corrected chi connectivity index (χ3v) is 15.1. The molecule has 2 saturated carbocycles. The van der Waals surface area contributed by atoms with Crippen LogP contribution in [0.3, 0.4) is 0 Å². The van der Waals surface area contributed by atoms with Gasteiger partial charge in [0, 0.05) is 23.5 Å². The van der Waals surface area contributed by atoms with Gasteiger partial charge in [0.05, 0.1) is 122 Å². The number of thiophene rings is 2. The summed E-state index contributed by atoms with van der Waals surface area (Å²) in [6.45, 7) is 1.84. The van der Waals surface area contributed by atoms with E-state index in [1.165, 1.54) is 63.3 Å². The molecule has 72 heavy (non-hydrogen) atoms. The van der Waals surface area contributed by atoms with Crippen molar-refractivity contribution in [1.29, 1.82) is 10.5 Å². The van der Waals surface area contributed by atoms with Crippen molar-refractivity contribution in [2.75, 3.05) is 11.1 Å². The summed E-state index contributed by atoms with van der Waals surface area (Å²) >= 11 is 9.27. The Kier molecular flexibility index (Phi) is 17.1. The van der Waals surface area contributed by atoms with Crippen LogP contribution in [0.4, 0.5) is 17.3 Å². The van der Waals surface area contributed by atoms with Gasteiger partial charge in [0.15, 0.2) is 0 Å². The summed E-state index contributed by atoms with van der Waals surface area (Å²) in [5.41, 5.74) is 12.7. The van der Waals surface area contributed by atoms with Crippen LogP contribution >= 0.6 is 34.3 Å². The smallest absolute Gasteiger partial charge is 0.294 e. The molecule has 0 saturated heterocycles. The molecule has 11 rings (SSSR count). The van der Waals surface area contributed by atoms with Gasteiger partial charge in [-0.05, 0) is 91.1 Å². The summed E-state index contributed by atoms with van der Waals surface area (Å²) in [5.74, 6) is 1.54. The van der Waals surface area contributed by atoms with Crippen molar-refractivity contribution in [3.05, 3.63) is 120 Å². The Hall–Kier alpha value is -7.34. The Balaban J connectivity index is 0.000000146. The predicted octanol–water partition coefficient (Wildman–Crippen LogP) is 10.9. The molecule has 8 aromatic heterocycles. The highest BCUT2D eigenvalue weighted by Crippen LogP contribution is 2.39. The fourth-order valence-corrected chi connectivity index (χ4v) is 11.1. The summed E-state index contributed by atoms with van der Waals surface area (Å²) in [7, 11) is -4.02. The van der Waals surface area contributed by atoms with Crippen LogP contribution in [0.1, 0.15) is 81.9 Å². The Morgan fingerprint density at radius 3 is 1.68 bits per heavy atom. The van der Waals surface area contributed by atoms with E-state index in [9.17, 15) is 18.9 Å². The second-order valence-electron chi connectivity index (χ2n) is 17.1. The Morgan fingerprint density at radius 2 is 1.21 bits per heavy atom. The Labute approximate surface area is 428 Å². The van der Waals surface area contributed by atoms with Gasteiger partial charge in [0.2, 0.25) is 11.2 Å². The molecule has 2 aliphatic rings. The summed E-state index contributed by atoms with van der Waals surface area (Å²) in [6, 6.07) is 14.8. The molecule has 2 fully saturated rings. The molecule has 2 aliphatic carbocycles. The summed E-state index contributed by atoms with van der Waals surface area (Å²) < 4.78 is 35.5. The summed E-state index contributed by atoms with van der Waals surface area (Å²) in [5, 5.41) is 35.1. The third-order valence-electron chi connectivity index (χ3n) is 12.2. The predicted molar refractivity (Wildman–Crippen MR) is 277 cm³/mol. The maximum atomic E-state index is 10.5. The van der Waals surface area contributed by atoms with Gasteiger partial charge >= 0.3 is 0 Å². The van der Waals surface area contributed by atoms with Gasteiger partial charge in [-0.25, -0.2) is 39.9 Å². The van der Waals surface area contributed by atoms with Gasteiger partial charge in [-0.1, -0.05) is 43.4 Å². The molecular formula is C49H49ClN16O3S3. The van der Waals surface area contributed by atoms with Crippen molar-refractivity contribution in [2.24, 2.45) is 11.8 Å². The molecule has 2 atom stereocenters. The van der Waals surface area contributed by atoms with Gasteiger partial charge in [-0.2, -0.15) is 29.1 Å². The number of nitrogens with one attached hydrogen (secondary N) is 1. The fourth-order valence-electron chi connectivity index (χ4n) is 8.77. The molecular weight excluding hydrogens is 992 g/mol. The number of rotatable bonds is 11. The first-order valence-corrected chi connectivity index (χ1v) is 26.6. The number of halogens is 1. The van der Waals surface area contributed by atoms with E-state index in [2.05, 4.69) is 62.5 Å². The lowest BCUT2D eigenvalue weighted by Gasteiger charge is -2.21. The van der Waals surface area contributed by atoms with Crippen molar-refractivity contribution >= 4 is 82.1 Å². The minimum Gasteiger partial charge on any atom is -0.396 e. The lowest BCUT2D eigenvalue weighted by atomic mass is 9.96. The molecule has 8 heterocycles. The van der Waals surface area contributed by atoms with E-state index in [0.29, 0.717) is 36.3 Å². The number of fused-ring (bicyclic) bond motifs is 2. The number of aromatic nitrogens is 12. The van der Waals surface area contributed by atoms with Crippen LogP contribution in [0.15, 0.2) is 114 Å². The number of nitrogens with two attached hydrogens (primary N) is 1. The zero-order valence-corrected chi connectivity index (χ0v) is 42.2. The monoisotopic (exact) mass is 1040 g/mol. The van der Waals surface area contributed by atoms with E-state index < -0.39 is 10.1 Å². The summed E-state index contributed by atoms with van der Waals surface area (Å²) in [6.07, 6.45) is 27.7. The van der Waals surface area contributed by atoms with E-state index in [1.807, 2.05) is 64.0 Å². The molecule has 1 aromatic carbocycles. The van der Waals surface area contributed by atoms with Crippen molar-refractivity contribution in [2.45, 2.75) is 88.1 Å². The van der Waals surface area contributed by atoms with Crippen LogP contribution in [0, 0.1) is 41.4 Å². The van der Waals surface area contributed by atoms with Gasteiger partial charge in [0.25, 0.3) is 10.1 Å². The number of benzene rings is 1. The SMILES string of the molecule is Cc1ccc(S(=O)(=O)O)cc1.N#CCC(C1CCCC1)n1cc(-c2nc(Cl)nc3ccsc23)cn1.N#CCC(C1CCCC1)n1cc(-c2nc(Nc3cncnc3)nc3ccsc23)cn1.Nc1cncnc1. The first kappa shape index (κ1) is 51.0.